The number of benzene rings is 1. The van der Waals surface area contributed by atoms with Gasteiger partial charge in [0.05, 0.1) is 5.69 Å². The third kappa shape index (κ3) is 3.05. The second-order valence-electron chi connectivity index (χ2n) is 4.30. The molecule has 5 nitrogen and oxygen atoms in total. The van der Waals surface area contributed by atoms with Gasteiger partial charge in [0.1, 0.15) is 12.3 Å². The Labute approximate surface area is 117 Å². The third-order valence-electron chi connectivity index (χ3n) is 2.78. The van der Waals surface area contributed by atoms with Gasteiger partial charge in [0.15, 0.2) is 0 Å². The Kier molecular flexibility index (Phi) is 4.18. The van der Waals surface area contributed by atoms with Crippen molar-refractivity contribution < 1.29 is 9.90 Å². The number of carbonyl (C=O) groups excluding carboxylic acids is 1. The molecule has 2 N–H and O–H groups in total. The lowest BCUT2D eigenvalue weighted by Gasteiger charge is -2.08. The second-order valence-corrected chi connectivity index (χ2v) is 4.30. The highest BCUT2D eigenvalue weighted by Gasteiger charge is 2.11. The van der Waals surface area contributed by atoms with Crippen molar-refractivity contribution >= 4 is 11.6 Å². The van der Waals surface area contributed by atoms with Crippen LogP contribution in [0.1, 0.15) is 21.6 Å². The lowest BCUT2D eigenvalue weighted by atomic mass is 10.1. The van der Waals surface area contributed by atoms with Crippen molar-refractivity contribution in [2.45, 2.75) is 6.92 Å². The molecule has 0 bridgehead atoms. The van der Waals surface area contributed by atoms with Crippen molar-refractivity contribution in [1.29, 1.82) is 0 Å². The summed E-state index contributed by atoms with van der Waals surface area (Å²) in [5, 5.41) is 15.5. The molecule has 1 heterocycles. The van der Waals surface area contributed by atoms with E-state index in [-0.39, 0.29) is 12.5 Å². The van der Waals surface area contributed by atoms with Crippen LogP contribution in [0.5, 0.6) is 0 Å². The Morgan fingerprint density at radius 2 is 2.25 bits per heavy atom. The minimum Gasteiger partial charge on any atom is -0.384 e. The summed E-state index contributed by atoms with van der Waals surface area (Å²) in [4.78, 5) is 12.1. The number of nitrogens with one attached hydrogen (secondary N) is 1. The first-order chi connectivity index (χ1) is 9.61. The molecule has 0 atom stereocenters. The number of nitrogens with zero attached hydrogens (tertiary/aromatic N) is 2. The third-order valence-corrected chi connectivity index (χ3v) is 2.78. The summed E-state index contributed by atoms with van der Waals surface area (Å²) >= 11 is 0. The molecule has 0 spiro atoms. The fourth-order valence-electron chi connectivity index (χ4n) is 1.79. The van der Waals surface area contributed by atoms with E-state index in [9.17, 15) is 4.79 Å². The van der Waals surface area contributed by atoms with Gasteiger partial charge in [0, 0.05) is 18.8 Å². The molecule has 0 fully saturated rings. The largest absolute Gasteiger partial charge is 0.384 e. The summed E-state index contributed by atoms with van der Waals surface area (Å²) in [6, 6.07) is 7.19. The monoisotopic (exact) mass is 269 g/mol. The molecule has 5 heteroatoms. The van der Waals surface area contributed by atoms with E-state index in [4.69, 9.17) is 5.11 Å². The molecule has 2 rings (SSSR count). The predicted octanol–water partition coefficient (Wildman–Crippen LogP) is 1.32. The maximum absolute atomic E-state index is 12.1. The lowest BCUT2D eigenvalue weighted by molar-refractivity contribution is 0.101. The number of carbonyl (C=O) groups is 1. The molecule has 1 amide bonds. The summed E-state index contributed by atoms with van der Waals surface area (Å²) in [6.07, 6.45) is 1.57. The van der Waals surface area contributed by atoms with E-state index in [1.165, 1.54) is 4.68 Å². The van der Waals surface area contributed by atoms with Gasteiger partial charge in [-0.15, -0.1) is 0 Å². The van der Waals surface area contributed by atoms with Crippen molar-refractivity contribution in [1.82, 2.24) is 9.78 Å². The molecule has 0 aliphatic carbocycles. The number of rotatable bonds is 2. The van der Waals surface area contributed by atoms with E-state index >= 15 is 0 Å². The highest BCUT2D eigenvalue weighted by Crippen LogP contribution is 2.17. The van der Waals surface area contributed by atoms with Crippen LogP contribution >= 0.6 is 0 Å². The zero-order chi connectivity index (χ0) is 14.5. The maximum Gasteiger partial charge on any atom is 0.273 e. The second kappa shape index (κ2) is 6.04. The maximum atomic E-state index is 12.1. The van der Waals surface area contributed by atoms with Crippen LogP contribution in [0.15, 0.2) is 30.5 Å². The normalized spacial score (nSPS) is 9.75. The molecule has 1 aromatic heterocycles. The van der Waals surface area contributed by atoms with E-state index in [2.05, 4.69) is 22.3 Å². The molecule has 0 aliphatic heterocycles. The molecule has 0 saturated carbocycles. The first-order valence-electron chi connectivity index (χ1n) is 6.11. The summed E-state index contributed by atoms with van der Waals surface area (Å²) in [5.41, 5.74) is 2.79. The van der Waals surface area contributed by atoms with Crippen LogP contribution in [0.2, 0.25) is 0 Å². The number of hydrogen-bond acceptors (Lipinski definition) is 3. The predicted molar refractivity (Wildman–Crippen MR) is 76.3 cm³/mol. The fourth-order valence-corrected chi connectivity index (χ4v) is 1.79. The number of anilines is 1. The van der Waals surface area contributed by atoms with E-state index in [1.807, 2.05) is 19.1 Å². The van der Waals surface area contributed by atoms with Crippen molar-refractivity contribution in [3.8, 4) is 11.8 Å². The van der Waals surface area contributed by atoms with Gasteiger partial charge < -0.3 is 10.4 Å². The molecule has 0 saturated heterocycles. The lowest BCUT2D eigenvalue weighted by Crippen LogP contribution is -2.16. The minimum absolute atomic E-state index is 0.219. The molecular formula is C15H15N3O2. The Morgan fingerprint density at radius 3 is 2.90 bits per heavy atom. The summed E-state index contributed by atoms with van der Waals surface area (Å²) in [7, 11) is 1.70. The molecule has 102 valence electrons. The number of amides is 1. The molecule has 2 aromatic rings. The van der Waals surface area contributed by atoms with Crippen molar-refractivity contribution in [3.63, 3.8) is 0 Å². The Bertz CT molecular complexity index is 693. The first-order valence-corrected chi connectivity index (χ1v) is 6.11. The average Bonchev–Trinajstić information content (AvgIpc) is 2.85. The quantitative estimate of drug-likeness (QED) is 0.808. The summed E-state index contributed by atoms with van der Waals surface area (Å²) < 4.78 is 1.50. The van der Waals surface area contributed by atoms with Crippen molar-refractivity contribution in [2.24, 2.45) is 7.05 Å². The Hall–Kier alpha value is -2.58. The summed E-state index contributed by atoms with van der Waals surface area (Å²) in [6.45, 7) is 1.72. The Morgan fingerprint density at radius 1 is 1.45 bits per heavy atom. The van der Waals surface area contributed by atoms with Gasteiger partial charge in [0.2, 0.25) is 0 Å². The number of aromatic nitrogens is 2. The number of hydrogen-bond donors (Lipinski definition) is 2. The van der Waals surface area contributed by atoms with E-state index < -0.39 is 0 Å². The number of aryl methyl sites for hydroxylation is 2. The summed E-state index contributed by atoms with van der Waals surface area (Å²) in [5.74, 6) is 5.17. The fraction of sp³-hybridized carbons (Fsp3) is 0.200. The van der Waals surface area contributed by atoms with Gasteiger partial charge in [-0.1, -0.05) is 17.9 Å². The average molecular weight is 269 g/mol. The topological polar surface area (TPSA) is 67.2 Å². The minimum atomic E-state index is -0.249. The molecule has 0 radical (unpaired) electrons. The SMILES string of the molecule is Cc1ccc(NC(=O)c2ccnn2C)c(C#CCO)c1. The van der Waals surface area contributed by atoms with E-state index in [1.54, 1.807) is 25.4 Å². The van der Waals surface area contributed by atoms with E-state index in [0.717, 1.165) is 5.56 Å². The smallest absolute Gasteiger partial charge is 0.273 e. The van der Waals surface area contributed by atoms with Gasteiger partial charge in [0.25, 0.3) is 5.91 Å². The number of aliphatic hydroxyl groups is 1. The molecule has 0 aliphatic rings. The van der Waals surface area contributed by atoms with Crippen LogP contribution < -0.4 is 5.32 Å². The van der Waals surface area contributed by atoms with Gasteiger partial charge in [-0.05, 0) is 30.7 Å². The van der Waals surface area contributed by atoms with Crippen LogP contribution in [-0.2, 0) is 7.05 Å². The van der Waals surface area contributed by atoms with Crippen LogP contribution in [-0.4, -0.2) is 27.4 Å². The van der Waals surface area contributed by atoms with Gasteiger partial charge in [-0.25, -0.2) is 0 Å². The van der Waals surface area contributed by atoms with Crippen molar-refractivity contribution in [3.05, 3.63) is 47.3 Å². The van der Waals surface area contributed by atoms with Crippen LogP contribution in [0, 0.1) is 18.8 Å². The van der Waals surface area contributed by atoms with E-state index in [0.29, 0.717) is 16.9 Å². The zero-order valence-electron chi connectivity index (χ0n) is 11.3. The van der Waals surface area contributed by atoms with Crippen LogP contribution in [0.3, 0.4) is 0 Å². The van der Waals surface area contributed by atoms with Gasteiger partial charge >= 0.3 is 0 Å². The van der Waals surface area contributed by atoms with Crippen molar-refractivity contribution in [2.75, 3.05) is 11.9 Å². The molecule has 0 unspecified atom stereocenters. The van der Waals surface area contributed by atoms with Gasteiger partial charge in [-0.2, -0.15) is 5.10 Å². The van der Waals surface area contributed by atoms with Crippen LogP contribution in [0.25, 0.3) is 0 Å². The molecular weight excluding hydrogens is 254 g/mol. The van der Waals surface area contributed by atoms with Gasteiger partial charge in [-0.3, -0.25) is 9.48 Å². The molecule has 20 heavy (non-hydrogen) atoms. The first kappa shape index (κ1) is 13.8. The standard InChI is InChI=1S/C15H15N3O2/c1-11-5-6-13(12(10-11)4-3-9-19)17-15(20)14-7-8-16-18(14)2/h5-8,10,19H,9H2,1-2H3,(H,17,20). The molecule has 1 aromatic carbocycles. The van der Waals surface area contributed by atoms with Crippen LogP contribution in [0.4, 0.5) is 5.69 Å². The zero-order valence-corrected chi connectivity index (χ0v) is 11.3. The highest BCUT2D eigenvalue weighted by atomic mass is 16.2. The number of aliphatic hydroxyl groups excluding tert-OH is 1. The Balaban J connectivity index is 2.29. The highest BCUT2D eigenvalue weighted by molar-refractivity contribution is 6.03.